The van der Waals surface area contributed by atoms with Crippen LogP contribution in [0.1, 0.15) is 11.3 Å². The molecule has 0 atom stereocenters. The molecule has 0 aliphatic rings. The lowest BCUT2D eigenvalue weighted by Crippen LogP contribution is -2.37. The van der Waals surface area contributed by atoms with Crippen molar-refractivity contribution in [2.75, 3.05) is 10.1 Å². The summed E-state index contributed by atoms with van der Waals surface area (Å²) in [5, 5.41) is 0. The van der Waals surface area contributed by atoms with Gasteiger partial charge in [-0.15, -0.1) is 0 Å². The third-order valence-corrected chi connectivity index (χ3v) is 6.85. The van der Waals surface area contributed by atoms with Crippen molar-refractivity contribution in [3.63, 3.8) is 0 Å². The van der Waals surface area contributed by atoms with Crippen molar-refractivity contribution in [3.8, 4) is 17.2 Å². The number of rotatable bonds is 10. The van der Waals surface area contributed by atoms with Crippen molar-refractivity contribution in [2.24, 2.45) is 0 Å². The third-order valence-electron chi connectivity index (χ3n) is 5.15. The number of hydrogen-bond acceptors (Lipinski definition) is 5. The van der Waals surface area contributed by atoms with E-state index in [9.17, 15) is 21.6 Å². The predicted octanol–water partition coefficient (Wildman–Crippen LogP) is 6.35. The Balaban J connectivity index is 1.45. The lowest BCUT2D eigenvalue weighted by atomic mass is 10.2. The van der Waals surface area contributed by atoms with E-state index in [1.807, 2.05) is 30.3 Å². The smallest absolute Gasteiger partial charge is 0.404 e. The Morgan fingerprint density at radius 2 is 1.35 bits per heavy atom. The summed E-state index contributed by atoms with van der Waals surface area (Å²) in [5.41, 5.74) is 1.41. The fourth-order valence-corrected chi connectivity index (χ4v) is 4.78. The molecule has 0 saturated heterocycles. The first kappa shape index (κ1) is 26.0. The molecule has 0 unspecified atom stereocenters. The van der Waals surface area contributed by atoms with Crippen LogP contribution >= 0.6 is 0 Å². The molecule has 0 aliphatic carbocycles. The first-order chi connectivity index (χ1) is 17.7. The molecule has 1 aromatic heterocycles. The topological polar surface area (TPSA) is 68.7 Å². The fourth-order valence-electron chi connectivity index (χ4n) is 3.44. The summed E-state index contributed by atoms with van der Waals surface area (Å²) in [6.07, 6.45) is -3.44. The lowest BCUT2D eigenvalue weighted by Gasteiger charge is -2.25. The van der Waals surface area contributed by atoms with Gasteiger partial charge in [-0.25, -0.2) is 8.42 Å². The average Bonchev–Trinajstić information content (AvgIpc) is 2.87. The highest BCUT2D eigenvalue weighted by atomic mass is 32.2. The van der Waals surface area contributed by atoms with Crippen LogP contribution in [-0.4, -0.2) is 25.3 Å². The minimum Gasteiger partial charge on any atom is -0.489 e. The predicted molar refractivity (Wildman–Crippen MR) is 134 cm³/mol. The summed E-state index contributed by atoms with van der Waals surface area (Å²) in [6.45, 7) is 0.0820. The molecule has 37 heavy (non-hydrogen) atoms. The van der Waals surface area contributed by atoms with Crippen LogP contribution in [0.4, 0.5) is 18.9 Å². The summed E-state index contributed by atoms with van der Waals surface area (Å²) in [6, 6.07) is 27.2. The van der Waals surface area contributed by atoms with Crippen molar-refractivity contribution < 1.29 is 31.1 Å². The number of aromatic nitrogens is 1. The van der Waals surface area contributed by atoms with E-state index < -0.39 is 22.0 Å². The van der Waals surface area contributed by atoms with Crippen molar-refractivity contribution in [1.82, 2.24) is 4.98 Å². The van der Waals surface area contributed by atoms with E-state index in [-0.39, 0.29) is 12.2 Å². The maximum absolute atomic E-state index is 13.0. The molecule has 1 heterocycles. The van der Waals surface area contributed by atoms with Gasteiger partial charge in [-0.2, -0.15) is 13.2 Å². The molecule has 0 aliphatic heterocycles. The van der Waals surface area contributed by atoms with Gasteiger partial charge in [0.2, 0.25) is 10.0 Å². The number of alkyl halides is 3. The van der Waals surface area contributed by atoms with E-state index in [2.05, 4.69) is 4.98 Å². The second-order valence-corrected chi connectivity index (χ2v) is 9.93. The zero-order valence-electron chi connectivity index (χ0n) is 19.5. The van der Waals surface area contributed by atoms with Crippen LogP contribution in [-0.2, 0) is 23.2 Å². The maximum Gasteiger partial charge on any atom is 0.404 e. The van der Waals surface area contributed by atoms with Gasteiger partial charge in [0.1, 0.15) is 23.9 Å². The molecule has 192 valence electrons. The van der Waals surface area contributed by atoms with Crippen molar-refractivity contribution in [1.29, 1.82) is 0 Å². The van der Waals surface area contributed by atoms with E-state index in [0.29, 0.717) is 33.9 Å². The standard InChI is InChI=1S/C27H23F3N2O4S/c28-27(29,30)20-37(33,34)32(18-22-8-4-5-17-31-22)23-9-11-25(12-10-23)36-26-15-13-24(14-16-26)35-19-21-6-2-1-3-7-21/h1-17H,18-20H2. The second-order valence-electron chi connectivity index (χ2n) is 8.04. The number of ether oxygens (including phenoxy) is 2. The fraction of sp³-hybridized carbons (Fsp3) is 0.148. The molecular weight excluding hydrogens is 505 g/mol. The Hall–Kier alpha value is -4.05. The van der Waals surface area contributed by atoms with Gasteiger partial charge in [0.05, 0.1) is 17.9 Å². The molecule has 0 amide bonds. The molecule has 0 radical (unpaired) electrons. The third kappa shape index (κ3) is 7.71. The Labute approximate surface area is 213 Å². The summed E-state index contributed by atoms with van der Waals surface area (Å²) in [4.78, 5) is 4.04. The Kier molecular flexibility index (Phi) is 7.98. The Morgan fingerprint density at radius 1 is 0.757 bits per heavy atom. The van der Waals surface area contributed by atoms with Gasteiger partial charge in [0.15, 0.2) is 5.75 Å². The monoisotopic (exact) mass is 528 g/mol. The molecule has 0 bridgehead atoms. The summed E-state index contributed by atoms with van der Waals surface area (Å²) in [5.74, 6) is -0.432. The number of sulfonamides is 1. The zero-order chi connectivity index (χ0) is 26.3. The van der Waals surface area contributed by atoms with Gasteiger partial charge in [-0.1, -0.05) is 36.4 Å². The highest BCUT2D eigenvalue weighted by molar-refractivity contribution is 7.92. The lowest BCUT2D eigenvalue weighted by molar-refractivity contribution is -0.106. The number of benzene rings is 3. The van der Waals surface area contributed by atoms with Crippen molar-refractivity contribution >= 4 is 15.7 Å². The van der Waals surface area contributed by atoms with Crippen molar-refractivity contribution in [3.05, 3.63) is 115 Å². The minimum atomic E-state index is -4.89. The normalized spacial score (nSPS) is 11.6. The van der Waals surface area contributed by atoms with Crippen LogP contribution in [0.5, 0.6) is 17.2 Å². The molecule has 3 aromatic carbocycles. The summed E-state index contributed by atoms with van der Waals surface area (Å²) in [7, 11) is -4.72. The van der Waals surface area contributed by atoms with Crippen molar-refractivity contribution in [2.45, 2.75) is 19.3 Å². The SMILES string of the molecule is O=S(=O)(CC(F)(F)F)N(Cc1ccccn1)c1ccc(Oc2ccc(OCc3ccccc3)cc2)cc1. The Bertz CT molecular complexity index is 1380. The molecule has 4 aromatic rings. The van der Waals surface area contributed by atoms with Crippen LogP contribution in [0, 0.1) is 0 Å². The number of hydrogen-bond donors (Lipinski definition) is 0. The van der Waals surface area contributed by atoms with E-state index in [1.54, 1.807) is 42.5 Å². The van der Waals surface area contributed by atoms with Crippen LogP contribution in [0.25, 0.3) is 0 Å². The second kappa shape index (κ2) is 11.3. The van der Waals surface area contributed by atoms with Gasteiger partial charge >= 0.3 is 6.18 Å². The highest BCUT2D eigenvalue weighted by Crippen LogP contribution is 2.30. The van der Waals surface area contributed by atoms with Gasteiger partial charge in [0, 0.05) is 6.20 Å². The van der Waals surface area contributed by atoms with Gasteiger partial charge in [-0.05, 0) is 66.2 Å². The molecule has 0 N–H and O–H groups in total. The van der Waals surface area contributed by atoms with Crippen LogP contribution < -0.4 is 13.8 Å². The number of pyridine rings is 1. The summed E-state index contributed by atoms with van der Waals surface area (Å²) < 4.78 is 76.5. The zero-order valence-corrected chi connectivity index (χ0v) is 20.3. The molecular formula is C27H23F3N2O4S. The highest BCUT2D eigenvalue weighted by Gasteiger charge is 2.38. The van der Waals surface area contributed by atoms with E-state index in [4.69, 9.17) is 9.47 Å². The number of nitrogens with zero attached hydrogens (tertiary/aromatic N) is 2. The molecule has 0 fully saturated rings. The largest absolute Gasteiger partial charge is 0.489 e. The first-order valence-electron chi connectivity index (χ1n) is 11.2. The first-order valence-corrected chi connectivity index (χ1v) is 12.8. The number of anilines is 1. The molecule has 6 nitrogen and oxygen atoms in total. The molecule has 0 spiro atoms. The molecule has 0 saturated carbocycles. The van der Waals surface area contributed by atoms with E-state index in [1.165, 1.54) is 30.5 Å². The van der Waals surface area contributed by atoms with Gasteiger partial charge < -0.3 is 9.47 Å². The van der Waals surface area contributed by atoms with Crippen LogP contribution in [0.15, 0.2) is 103 Å². The molecule has 4 rings (SSSR count). The van der Waals surface area contributed by atoms with Gasteiger partial charge in [-0.3, -0.25) is 9.29 Å². The maximum atomic E-state index is 13.0. The minimum absolute atomic E-state index is 0.0620. The number of halogens is 3. The molecule has 10 heteroatoms. The average molecular weight is 529 g/mol. The van der Waals surface area contributed by atoms with Gasteiger partial charge in [0.25, 0.3) is 0 Å². The Morgan fingerprint density at radius 3 is 1.95 bits per heavy atom. The van der Waals surface area contributed by atoms with Crippen LogP contribution in [0.2, 0.25) is 0 Å². The van der Waals surface area contributed by atoms with E-state index >= 15 is 0 Å². The quantitative estimate of drug-likeness (QED) is 0.240. The van der Waals surface area contributed by atoms with Crippen LogP contribution in [0.3, 0.4) is 0 Å². The van der Waals surface area contributed by atoms with E-state index in [0.717, 1.165) is 5.56 Å². The summed E-state index contributed by atoms with van der Waals surface area (Å²) >= 11 is 0.